The van der Waals surface area contributed by atoms with Gasteiger partial charge in [-0.1, -0.05) is 0 Å². The number of alkyl halides is 3. The molecule has 0 aliphatic carbocycles. The molecule has 0 bridgehead atoms. The number of halogens is 3. The molecule has 0 unspecified atom stereocenters. The summed E-state index contributed by atoms with van der Waals surface area (Å²) in [4.78, 5) is 20.6. The highest BCUT2D eigenvalue weighted by molar-refractivity contribution is 6.04. The minimum absolute atomic E-state index is 0.0976. The Morgan fingerprint density at radius 3 is 2.66 bits per heavy atom. The number of methoxy groups -OCH3 is 1. The zero-order valence-electron chi connectivity index (χ0n) is 15.3. The number of aromatic nitrogens is 3. The van der Waals surface area contributed by atoms with E-state index in [-0.39, 0.29) is 30.2 Å². The van der Waals surface area contributed by atoms with E-state index >= 15 is 0 Å². The van der Waals surface area contributed by atoms with Crippen molar-refractivity contribution in [3.8, 4) is 11.6 Å². The first-order chi connectivity index (χ1) is 13.9. The molecule has 152 valence electrons. The molecule has 7 nitrogen and oxygen atoms in total. The van der Waals surface area contributed by atoms with Crippen LogP contribution in [0.3, 0.4) is 0 Å². The summed E-state index contributed by atoms with van der Waals surface area (Å²) in [5.41, 5.74) is -0.825. The SMILES string of the molecule is COCCOc1ccc(C(F)(F)F)cc1NC(=O)c1ccc(-n2ccnc2)nc1. The van der Waals surface area contributed by atoms with Crippen LogP contribution in [-0.2, 0) is 10.9 Å². The molecule has 2 aromatic heterocycles. The normalized spacial score (nSPS) is 11.3. The van der Waals surface area contributed by atoms with Crippen LogP contribution in [0.25, 0.3) is 5.82 Å². The van der Waals surface area contributed by atoms with Gasteiger partial charge in [0, 0.05) is 25.7 Å². The average molecular weight is 406 g/mol. The second-order valence-electron chi connectivity index (χ2n) is 5.88. The van der Waals surface area contributed by atoms with Gasteiger partial charge in [0.25, 0.3) is 5.91 Å². The number of nitrogens with zero attached hydrogens (tertiary/aromatic N) is 3. The molecule has 0 saturated carbocycles. The maximum Gasteiger partial charge on any atom is 0.416 e. The topological polar surface area (TPSA) is 78.3 Å². The van der Waals surface area contributed by atoms with Crippen molar-refractivity contribution in [1.29, 1.82) is 0 Å². The fourth-order valence-corrected chi connectivity index (χ4v) is 2.43. The second-order valence-corrected chi connectivity index (χ2v) is 5.88. The Morgan fingerprint density at radius 2 is 2.03 bits per heavy atom. The van der Waals surface area contributed by atoms with Crippen molar-refractivity contribution in [3.63, 3.8) is 0 Å². The van der Waals surface area contributed by atoms with Gasteiger partial charge in [0.2, 0.25) is 0 Å². The van der Waals surface area contributed by atoms with Crippen molar-refractivity contribution in [2.24, 2.45) is 0 Å². The third-order valence-electron chi connectivity index (χ3n) is 3.88. The van der Waals surface area contributed by atoms with E-state index < -0.39 is 17.6 Å². The Balaban J connectivity index is 1.81. The molecule has 1 aromatic carbocycles. The number of hydrogen-bond donors (Lipinski definition) is 1. The van der Waals surface area contributed by atoms with Crippen LogP contribution in [0.1, 0.15) is 15.9 Å². The van der Waals surface area contributed by atoms with Crippen LogP contribution in [0.15, 0.2) is 55.2 Å². The Morgan fingerprint density at radius 1 is 1.21 bits per heavy atom. The van der Waals surface area contributed by atoms with E-state index in [1.54, 1.807) is 29.4 Å². The van der Waals surface area contributed by atoms with Gasteiger partial charge >= 0.3 is 6.18 Å². The first-order valence-electron chi connectivity index (χ1n) is 8.47. The van der Waals surface area contributed by atoms with Crippen molar-refractivity contribution >= 4 is 11.6 Å². The lowest BCUT2D eigenvalue weighted by Crippen LogP contribution is -2.15. The molecule has 2 heterocycles. The number of benzene rings is 1. The number of hydrogen-bond acceptors (Lipinski definition) is 5. The number of carbonyl (C=O) groups is 1. The van der Waals surface area contributed by atoms with E-state index in [2.05, 4.69) is 15.3 Å². The Labute approximate surface area is 164 Å². The fraction of sp³-hybridized carbons (Fsp3) is 0.211. The first-order valence-corrected chi connectivity index (χ1v) is 8.47. The van der Waals surface area contributed by atoms with Crippen LogP contribution in [0.2, 0.25) is 0 Å². The summed E-state index contributed by atoms with van der Waals surface area (Å²) in [6, 6.07) is 5.98. The molecular weight excluding hydrogens is 389 g/mol. The zero-order chi connectivity index (χ0) is 20.9. The molecule has 1 amide bonds. The molecule has 10 heteroatoms. The molecule has 1 N–H and O–H groups in total. The molecule has 3 rings (SSSR count). The molecular formula is C19H17F3N4O3. The number of nitrogens with one attached hydrogen (secondary N) is 1. The van der Waals surface area contributed by atoms with E-state index in [4.69, 9.17) is 9.47 Å². The number of carbonyl (C=O) groups excluding carboxylic acids is 1. The van der Waals surface area contributed by atoms with E-state index in [0.29, 0.717) is 5.82 Å². The minimum atomic E-state index is -4.56. The monoisotopic (exact) mass is 406 g/mol. The smallest absolute Gasteiger partial charge is 0.416 e. The maximum atomic E-state index is 13.1. The highest BCUT2D eigenvalue weighted by Gasteiger charge is 2.31. The van der Waals surface area contributed by atoms with E-state index in [9.17, 15) is 18.0 Å². The molecule has 3 aromatic rings. The van der Waals surface area contributed by atoms with E-state index in [1.807, 2.05) is 0 Å². The highest BCUT2D eigenvalue weighted by atomic mass is 19.4. The van der Waals surface area contributed by atoms with Crippen LogP contribution in [0.5, 0.6) is 5.75 Å². The van der Waals surface area contributed by atoms with Crippen molar-refractivity contribution in [1.82, 2.24) is 14.5 Å². The van der Waals surface area contributed by atoms with Crippen LogP contribution in [0, 0.1) is 0 Å². The molecule has 0 saturated heterocycles. The molecule has 0 fully saturated rings. The molecule has 0 atom stereocenters. The van der Waals surface area contributed by atoms with Gasteiger partial charge in [0.1, 0.15) is 24.5 Å². The molecule has 0 spiro atoms. The Hall–Kier alpha value is -3.40. The number of pyridine rings is 1. The zero-order valence-corrected chi connectivity index (χ0v) is 15.3. The maximum absolute atomic E-state index is 13.1. The fourth-order valence-electron chi connectivity index (χ4n) is 2.43. The number of amides is 1. The van der Waals surface area contributed by atoms with Crippen molar-refractivity contribution < 1.29 is 27.4 Å². The number of rotatable bonds is 7. The predicted molar refractivity (Wildman–Crippen MR) is 98.1 cm³/mol. The molecule has 0 radical (unpaired) electrons. The minimum Gasteiger partial charge on any atom is -0.489 e. The lowest BCUT2D eigenvalue weighted by atomic mass is 10.1. The van der Waals surface area contributed by atoms with E-state index in [1.165, 1.54) is 19.4 Å². The third kappa shape index (κ3) is 5.11. The summed E-state index contributed by atoms with van der Waals surface area (Å²) < 4.78 is 51.1. The predicted octanol–water partition coefficient (Wildman–Crippen LogP) is 3.56. The summed E-state index contributed by atoms with van der Waals surface area (Å²) in [7, 11) is 1.47. The number of ether oxygens (including phenoxy) is 2. The summed E-state index contributed by atoms with van der Waals surface area (Å²) in [6.45, 7) is 0.361. The first kappa shape index (κ1) is 20.3. The average Bonchev–Trinajstić information content (AvgIpc) is 3.23. The van der Waals surface area contributed by atoms with Gasteiger partial charge < -0.3 is 14.8 Å². The van der Waals surface area contributed by atoms with Gasteiger partial charge in [-0.25, -0.2) is 9.97 Å². The Bertz CT molecular complexity index is 958. The van der Waals surface area contributed by atoms with Gasteiger partial charge in [-0.15, -0.1) is 0 Å². The third-order valence-corrected chi connectivity index (χ3v) is 3.88. The van der Waals surface area contributed by atoms with Crippen molar-refractivity contribution in [2.75, 3.05) is 25.6 Å². The van der Waals surface area contributed by atoms with Gasteiger partial charge in [0.15, 0.2) is 0 Å². The summed E-state index contributed by atoms with van der Waals surface area (Å²) in [5, 5.41) is 2.46. The quantitative estimate of drug-likeness (QED) is 0.607. The molecule has 0 aliphatic heterocycles. The molecule has 0 aliphatic rings. The van der Waals surface area contributed by atoms with Gasteiger partial charge in [-0.3, -0.25) is 9.36 Å². The summed E-state index contributed by atoms with van der Waals surface area (Å²) in [6.07, 6.45) is 1.59. The van der Waals surface area contributed by atoms with Gasteiger partial charge in [0.05, 0.1) is 23.4 Å². The van der Waals surface area contributed by atoms with Crippen LogP contribution in [0.4, 0.5) is 18.9 Å². The highest BCUT2D eigenvalue weighted by Crippen LogP contribution is 2.35. The largest absolute Gasteiger partial charge is 0.489 e. The Kier molecular flexibility index (Phi) is 6.13. The number of anilines is 1. The van der Waals surface area contributed by atoms with Gasteiger partial charge in [-0.2, -0.15) is 13.2 Å². The summed E-state index contributed by atoms with van der Waals surface area (Å²) in [5.74, 6) is 0.0266. The lowest BCUT2D eigenvalue weighted by molar-refractivity contribution is -0.137. The van der Waals surface area contributed by atoms with E-state index in [0.717, 1.165) is 18.2 Å². The standard InChI is InChI=1S/C19H17F3N4O3/c1-28-8-9-29-16-4-3-14(19(20,21)22)10-15(16)25-18(27)13-2-5-17(24-11-13)26-7-6-23-12-26/h2-7,10-12H,8-9H2,1H3,(H,25,27). The lowest BCUT2D eigenvalue weighted by Gasteiger charge is -2.15. The van der Waals surface area contributed by atoms with Crippen molar-refractivity contribution in [3.05, 3.63) is 66.4 Å². The van der Waals surface area contributed by atoms with Crippen LogP contribution < -0.4 is 10.1 Å². The second kappa shape index (κ2) is 8.74. The molecule has 29 heavy (non-hydrogen) atoms. The van der Waals surface area contributed by atoms with Crippen LogP contribution >= 0.6 is 0 Å². The van der Waals surface area contributed by atoms with Gasteiger partial charge in [-0.05, 0) is 30.3 Å². The number of imidazole rings is 1. The summed E-state index contributed by atoms with van der Waals surface area (Å²) >= 11 is 0. The van der Waals surface area contributed by atoms with Crippen molar-refractivity contribution in [2.45, 2.75) is 6.18 Å². The van der Waals surface area contributed by atoms with Crippen LogP contribution in [-0.4, -0.2) is 40.8 Å².